The average Bonchev–Trinajstić information content (AvgIpc) is 3.32. The molecule has 8 heteroatoms. The molecule has 1 aromatic heterocycles. The fourth-order valence-electron chi connectivity index (χ4n) is 3.23. The third-order valence-electron chi connectivity index (χ3n) is 4.64. The van der Waals surface area contributed by atoms with Crippen molar-refractivity contribution in [2.24, 2.45) is 0 Å². The van der Waals surface area contributed by atoms with Crippen LogP contribution in [0.2, 0.25) is 0 Å². The number of hydrogen-bond donors (Lipinski definition) is 1. The first-order valence-corrected chi connectivity index (χ1v) is 9.77. The molecule has 146 valence electrons. The van der Waals surface area contributed by atoms with Crippen molar-refractivity contribution in [2.45, 2.75) is 19.4 Å². The maximum atomic E-state index is 13.5. The minimum atomic E-state index is -0.937. The third-order valence-corrected chi connectivity index (χ3v) is 5.71. The minimum absolute atomic E-state index is 0.0685. The van der Waals surface area contributed by atoms with Gasteiger partial charge >= 0.3 is 5.91 Å². The number of aromatic nitrogens is 2. The maximum Gasteiger partial charge on any atom is 0.301 e. The van der Waals surface area contributed by atoms with Gasteiger partial charge in [0, 0.05) is 5.56 Å². The molecule has 1 atom stereocenters. The molecule has 1 saturated heterocycles. The molecule has 2 heterocycles. The lowest BCUT2D eigenvalue weighted by molar-refractivity contribution is -0.132. The highest BCUT2D eigenvalue weighted by molar-refractivity contribution is 7.15. The summed E-state index contributed by atoms with van der Waals surface area (Å²) in [5.74, 6) is -2.37. The van der Waals surface area contributed by atoms with Crippen LogP contribution in [0.5, 0.6) is 0 Å². The fourth-order valence-corrected chi connectivity index (χ4v) is 4.03. The van der Waals surface area contributed by atoms with Crippen molar-refractivity contribution in [1.29, 1.82) is 0 Å². The molecule has 3 aromatic rings. The third kappa shape index (κ3) is 3.31. The molecule has 2 aromatic carbocycles. The number of Topliss-reactive ketones (excluding diaryl/α,β-unsaturated/α-hetero) is 1. The predicted octanol–water partition coefficient (Wildman–Crippen LogP) is 3.87. The second kappa shape index (κ2) is 7.56. The first kappa shape index (κ1) is 18.9. The molecule has 1 amide bonds. The lowest BCUT2D eigenvalue weighted by Crippen LogP contribution is -2.29. The quantitative estimate of drug-likeness (QED) is 0.402. The molecule has 1 N–H and O–H groups in total. The van der Waals surface area contributed by atoms with E-state index in [0.29, 0.717) is 22.6 Å². The Morgan fingerprint density at radius 3 is 2.41 bits per heavy atom. The van der Waals surface area contributed by atoms with Crippen LogP contribution in [-0.4, -0.2) is 27.0 Å². The first-order chi connectivity index (χ1) is 14.0. The molecule has 0 aliphatic carbocycles. The summed E-state index contributed by atoms with van der Waals surface area (Å²) in [5.41, 5.74) is 0.821. The summed E-state index contributed by atoms with van der Waals surface area (Å²) in [6.45, 7) is 1.91. The van der Waals surface area contributed by atoms with Crippen molar-refractivity contribution in [1.82, 2.24) is 10.2 Å². The molecule has 1 aliphatic heterocycles. The van der Waals surface area contributed by atoms with Crippen molar-refractivity contribution in [3.05, 3.63) is 82.1 Å². The standard InChI is InChI=1S/C21H16FN3O3S/c1-2-15-23-24-21(29-15)25-17(12-8-10-14(22)11-9-12)16(19(27)20(25)28)18(26)13-6-4-3-5-7-13/h3-11,17,26H,2H2,1H3/b18-16+. The maximum absolute atomic E-state index is 13.5. The highest BCUT2D eigenvalue weighted by atomic mass is 32.1. The largest absolute Gasteiger partial charge is 0.507 e. The van der Waals surface area contributed by atoms with E-state index in [1.165, 1.54) is 40.5 Å². The highest BCUT2D eigenvalue weighted by Gasteiger charge is 2.48. The van der Waals surface area contributed by atoms with Gasteiger partial charge < -0.3 is 5.11 Å². The van der Waals surface area contributed by atoms with Crippen LogP contribution in [0.3, 0.4) is 0 Å². The van der Waals surface area contributed by atoms with Gasteiger partial charge in [-0.1, -0.05) is 60.7 Å². The van der Waals surface area contributed by atoms with Gasteiger partial charge in [-0.2, -0.15) is 0 Å². The van der Waals surface area contributed by atoms with Crippen molar-refractivity contribution in [2.75, 3.05) is 4.90 Å². The van der Waals surface area contributed by atoms with Crippen LogP contribution < -0.4 is 4.90 Å². The summed E-state index contributed by atoms with van der Waals surface area (Å²) in [5, 5.41) is 19.9. The van der Waals surface area contributed by atoms with E-state index >= 15 is 0 Å². The van der Waals surface area contributed by atoms with E-state index in [0.717, 1.165) is 0 Å². The zero-order chi connectivity index (χ0) is 20.5. The van der Waals surface area contributed by atoms with Gasteiger partial charge in [-0.15, -0.1) is 10.2 Å². The Labute approximate surface area is 169 Å². The number of nitrogens with zero attached hydrogens (tertiary/aromatic N) is 3. The Bertz CT molecular complexity index is 1110. The molecular weight excluding hydrogens is 393 g/mol. The topological polar surface area (TPSA) is 83.4 Å². The van der Waals surface area contributed by atoms with Gasteiger partial charge in [-0.25, -0.2) is 4.39 Å². The molecule has 4 rings (SSSR count). The molecule has 0 radical (unpaired) electrons. The van der Waals surface area contributed by atoms with Gasteiger partial charge in [0.1, 0.15) is 16.6 Å². The van der Waals surface area contributed by atoms with E-state index in [1.54, 1.807) is 30.3 Å². The van der Waals surface area contributed by atoms with Gasteiger partial charge in [0.2, 0.25) is 5.13 Å². The Balaban J connectivity index is 1.93. The number of aliphatic hydroxyl groups is 1. The normalized spacial score (nSPS) is 18.4. The molecular formula is C21H16FN3O3S. The van der Waals surface area contributed by atoms with E-state index in [2.05, 4.69) is 10.2 Å². The van der Waals surface area contributed by atoms with E-state index in [-0.39, 0.29) is 16.5 Å². The molecule has 0 spiro atoms. The Morgan fingerprint density at radius 1 is 1.10 bits per heavy atom. The van der Waals surface area contributed by atoms with Gasteiger partial charge in [0.15, 0.2) is 0 Å². The number of aryl methyl sites for hydroxylation is 1. The number of halogens is 1. The van der Waals surface area contributed by atoms with Gasteiger partial charge in [0.05, 0.1) is 11.6 Å². The van der Waals surface area contributed by atoms with Crippen molar-refractivity contribution in [3.63, 3.8) is 0 Å². The number of anilines is 1. The number of rotatable bonds is 4. The summed E-state index contributed by atoms with van der Waals surface area (Å²) in [7, 11) is 0. The lowest BCUT2D eigenvalue weighted by Gasteiger charge is -2.22. The summed E-state index contributed by atoms with van der Waals surface area (Å²) in [6.07, 6.45) is 0.632. The van der Waals surface area contributed by atoms with Crippen LogP contribution >= 0.6 is 11.3 Å². The van der Waals surface area contributed by atoms with Crippen molar-refractivity contribution >= 4 is 33.9 Å². The monoisotopic (exact) mass is 409 g/mol. The smallest absolute Gasteiger partial charge is 0.301 e. The number of benzene rings is 2. The number of carbonyl (C=O) groups excluding carboxylic acids is 2. The Kier molecular flexibility index (Phi) is 4.94. The fraction of sp³-hybridized carbons (Fsp3) is 0.143. The van der Waals surface area contributed by atoms with Gasteiger partial charge in [-0.05, 0) is 24.1 Å². The SMILES string of the molecule is CCc1nnc(N2C(=O)C(=O)/C(=C(/O)c3ccccc3)C2c2ccc(F)cc2)s1. The zero-order valence-electron chi connectivity index (χ0n) is 15.4. The average molecular weight is 409 g/mol. The van der Waals surface area contributed by atoms with Crippen LogP contribution in [-0.2, 0) is 16.0 Å². The molecule has 1 fully saturated rings. The van der Waals surface area contributed by atoms with Crippen LogP contribution in [0.1, 0.15) is 29.1 Å². The Hall–Kier alpha value is -3.39. The lowest BCUT2D eigenvalue weighted by atomic mass is 9.95. The second-order valence-electron chi connectivity index (χ2n) is 6.42. The van der Waals surface area contributed by atoms with E-state index in [4.69, 9.17) is 0 Å². The van der Waals surface area contributed by atoms with E-state index in [1.807, 2.05) is 6.92 Å². The Morgan fingerprint density at radius 2 is 1.79 bits per heavy atom. The minimum Gasteiger partial charge on any atom is -0.507 e. The molecule has 0 saturated carbocycles. The molecule has 0 bridgehead atoms. The van der Waals surface area contributed by atoms with Crippen LogP contribution in [0.25, 0.3) is 5.76 Å². The van der Waals surface area contributed by atoms with E-state index < -0.39 is 23.5 Å². The number of ketones is 1. The summed E-state index contributed by atoms with van der Waals surface area (Å²) >= 11 is 1.20. The van der Waals surface area contributed by atoms with Crippen LogP contribution in [0.15, 0.2) is 60.2 Å². The number of hydrogen-bond acceptors (Lipinski definition) is 6. The summed E-state index contributed by atoms with van der Waals surface area (Å²) in [4.78, 5) is 27.0. The highest BCUT2D eigenvalue weighted by Crippen LogP contribution is 2.42. The van der Waals surface area contributed by atoms with Crippen LogP contribution in [0, 0.1) is 5.82 Å². The van der Waals surface area contributed by atoms with Gasteiger partial charge in [-0.3, -0.25) is 14.5 Å². The molecule has 1 unspecified atom stereocenters. The summed E-state index contributed by atoms with van der Waals surface area (Å²) in [6, 6.07) is 13.0. The second-order valence-corrected chi connectivity index (χ2v) is 7.46. The first-order valence-electron chi connectivity index (χ1n) is 8.95. The van der Waals surface area contributed by atoms with Crippen LogP contribution in [0.4, 0.5) is 9.52 Å². The molecule has 29 heavy (non-hydrogen) atoms. The zero-order valence-corrected chi connectivity index (χ0v) is 16.2. The molecule has 6 nitrogen and oxygen atoms in total. The molecule has 1 aliphatic rings. The van der Waals surface area contributed by atoms with Crippen molar-refractivity contribution < 1.29 is 19.1 Å². The number of carbonyl (C=O) groups is 2. The van der Waals surface area contributed by atoms with E-state index in [9.17, 15) is 19.1 Å². The number of amides is 1. The number of aliphatic hydroxyl groups excluding tert-OH is 1. The van der Waals surface area contributed by atoms with Crippen molar-refractivity contribution in [3.8, 4) is 0 Å². The predicted molar refractivity (Wildman–Crippen MR) is 107 cm³/mol. The van der Waals surface area contributed by atoms with Gasteiger partial charge in [0.25, 0.3) is 5.78 Å². The summed E-state index contributed by atoms with van der Waals surface area (Å²) < 4.78 is 13.5.